The van der Waals surface area contributed by atoms with E-state index >= 15 is 0 Å². The molecule has 0 aromatic carbocycles. The van der Waals surface area contributed by atoms with E-state index in [9.17, 15) is 9.90 Å². The summed E-state index contributed by atoms with van der Waals surface area (Å²) in [5.41, 5.74) is 0. The number of aromatic nitrogens is 4. The van der Waals surface area contributed by atoms with Crippen LogP contribution in [0.1, 0.15) is 25.7 Å². The molecule has 1 aliphatic carbocycles. The van der Waals surface area contributed by atoms with Gasteiger partial charge in [-0.25, -0.2) is 0 Å². The highest BCUT2D eigenvalue weighted by atomic mass is 16.3. The van der Waals surface area contributed by atoms with Crippen molar-refractivity contribution in [3.05, 3.63) is 18.4 Å². The smallest absolute Gasteiger partial charge is 0.243 e. The van der Waals surface area contributed by atoms with Crippen LogP contribution in [-0.4, -0.2) is 43.4 Å². The van der Waals surface area contributed by atoms with Gasteiger partial charge in [-0.1, -0.05) is 12.8 Å². The summed E-state index contributed by atoms with van der Waals surface area (Å²) in [6, 6.07) is 3.27. The highest BCUT2D eigenvalue weighted by Gasteiger charge is 2.24. The largest absolute Gasteiger partial charge is 0.461 e. The van der Waals surface area contributed by atoms with Crippen LogP contribution in [0.2, 0.25) is 0 Å². The van der Waals surface area contributed by atoms with Gasteiger partial charge >= 0.3 is 0 Å². The maximum absolute atomic E-state index is 11.9. The highest BCUT2D eigenvalue weighted by molar-refractivity contribution is 5.75. The molecule has 1 amide bonds. The molecule has 0 bridgehead atoms. The number of nitrogens with one attached hydrogen (secondary N) is 1. The number of carbonyl (C=O) groups excluding carboxylic acids is 1. The van der Waals surface area contributed by atoms with Crippen molar-refractivity contribution in [3.8, 4) is 11.6 Å². The zero-order valence-corrected chi connectivity index (χ0v) is 11.5. The third-order valence-electron chi connectivity index (χ3n) is 3.56. The van der Waals surface area contributed by atoms with Gasteiger partial charge in [0.2, 0.25) is 11.7 Å². The summed E-state index contributed by atoms with van der Waals surface area (Å²) >= 11 is 0. The Morgan fingerprint density at radius 3 is 3.10 bits per heavy atom. The molecule has 0 spiro atoms. The van der Waals surface area contributed by atoms with E-state index in [0.717, 1.165) is 25.7 Å². The van der Waals surface area contributed by atoms with Crippen LogP contribution >= 0.6 is 0 Å². The van der Waals surface area contributed by atoms with Gasteiger partial charge in [0, 0.05) is 0 Å². The van der Waals surface area contributed by atoms with Crippen LogP contribution in [-0.2, 0) is 11.3 Å². The number of rotatable bonds is 4. The minimum atomic E-state index is -0.468. The summed E-state index contributed by atoms with van der Waals surface area (Å²) in [4.78, 5) is 13.2. The van der Waals surface area contributed by atoms with Gasteiger partial charge in [0.05, 0.1) is 18.4 Å². The van der Waals surface area contributed by atoms with E-state index in [2.05, 4.69) is 20.7 Å². The lowest BCUT2D eigenvalue weighted by atomic mass is 9.92. The Morgan fingerprint density at radius 2 is 2.33 bits per heavy atom. The number of tetrazole rings is 1. The van der Waals surface area contributed by atoms with Gasteiger partial charge in [0.15, 0.2) is 5.76 Å². The summed E-state index contributed by atoms with van der Waals surface area (Å²) in [6.07, 6.45) is 4.61. The Kier molecular flexibility index (Phi) is 3.96. The summed E-state index contributed by atoms with van der Waals surface area (Å²) in [6.45, 7) is -0.0308. The van der Waals surface area contributed by atoms with Crippen LogP contribution in [0.25, 0.3) is 11.6 Å². The number of aliphatic hydroxyl groups excluding tert-OH is 1. The van der Waals surface area contributed by atoms with Crippen LogP contribution in [0, 0.1) is 0 Å². The Bertz CT molecular complexity index is 595. The third-order valence-corrected chi connectivity index (χ3v) is 3.56. The summed E-state index contributed by atoms with van der Waals surface area (Å²) in [7, 11) is 0. The Labute approximate surface area is 121 Å². The molecule has 3 rings (SSSR count). The predicted octanol–water partition coefficient (Wildman–Crippen LogP) is 0.353. The maximum Gasteiger partial charge on any atom is 0.243 e. The molecule has 2 aromatic rings. The number of nitrogens with zero attached hydrogens (tertiary/aromatic N) is 4. The van der Waals surface area contributed by atoms with Crippen LogP contribution < -0.4 is 5.32 Å². The van der Waals surface area contributed by atoms with Crippen molar-refractivity contribution in [3.63, 3.8) is 0 Å². The molecule has 2 N–H and O–H groups in total. The van der Waals surface area contributed by atoms with E-state index in [1.165, 1.54) is 11.1 Å². The molecular formula is C13H17N5O3. The second kappa shape index (κ2) is 6.04. The first-order chi connectivity index (χ1) is 10.2. The van der Waals surface area contributed by atoms with Gasteiger partial charge in [-0.3, -0.25) is 4.79 Å². The molecule has 0 radical (unpaired) electrons. The second-order valence-electron chi connectivity index (χ2n) is 5.15. The van der Waals surface area contributed by atoms with Gasteiger partial charge in [0.25, 0.3) is 0 Å². The molecule has 1 saturated carbocycles. The van der Waals surface area contributed by atoms with Crippen LogP contribution in [0.5, 0.6) is 0 Å². The van der Waals surface area contributed by atoms with Gasteiger partial charge in [-0.05, 0) is 30.2 Å². The fraction of sp³-hybridized carbons (Fsp3) is 0.538. The topological polar surface area (TPSA) is 106 Å². The zero-order valence-electron chi connectivity index (χ0n) is 11.5. The molecule has 0 aliphatic heterocycles. The first-order valence-electron chi connectivity index (χ1n) is 7.01. The molecule has 8 heteroatoms. The average Bonchev–Trinajstić information content (AvgIpc) is 3.12. The lowest BCUT2D eigenvalue weighted by Crippen LogP contribution is -2.46. The van der Waals surface area contributed by atoms with Crippen LogP contribution in [0.3, 0.4) is 0 Å². The first-order valence-corrected chi connectivity index (χ1v) is 7.01. The SMILES string of the molecule is O=C(Cn1nnc(-c2ccco2)n1)NC1CCCCC1O. The summed E-state index contributed by atoms with van der Waals surface area (Å²) in [5, 5.41) is 24.4. The number of aliphatic hydroxyl groups is 1. The molecule has 1 fully saturated rings. The molecule has 8 nitrogen and oxygen atoms in total. The molecule has 1 aliphatic rings. The molecule has 2 heterocycles. The van der Waals surface area contributed by atoms with Crippen molar-refractivity contribution >= 4 is 5.91 Å². The van der Waals surface area contributed by atoms with Crippen molar-refractivity contribution in [2.45, 2.75) is 44.4 Å². The summed E-state index contributed by atoms with van der Waals surface area (Å²) in [5.74, 6) is 0.610. The van der Waals surface area contributed by atoms with Gasteiger partial charge < -0.3 is 14.8 Å². The van der Waals surface area contributed by atoms with E-state index < -0.39 is 6.10 Å². The number of amides is 1. The van der Waals surface area contributed by atoms with Crippen molar-refractivity contribution in [2.24, 2.45) is 0 Å². The Morgan fingerprint density at radius 1 is 1.48 bits per heavy atom. The summed E-state index contributed by atoms with van der Waals surface area (Å²) < 4.78 is 5.16. The molecule has 21 heavy (non-hydrogen) atoms. The van der Waals surface area contributed by atoms with E-state index in [1.54, 1.807) is 12.1 Å². The molecular weight excluding hydrogens is 274 g/mol. The number of carbonyl (C=O) groups is 1. The van der Waals surface area contributed by atoms with Gasteiger partial charge in [-0.2, -0.15) is 4.80 Å². The van der Waals surface area contributed by atoms with Crippen molar-refractivity contribution in [1.82, 2.24) is 25.5 Å². The van der Waals surface area contributed by atoms with Crippen molar-refractivity contribution in [1.29, 1.82) is 0 Å². The zero-order chi connectivity index (χ0) is 14.7. The minimum Gasteiger partial charge on any atom is -0.461 e. The fourth-order valence-corrected chi connectivity index (χ4v) is 2.48. The molecule has 2 atom stereocenters. The minimum absolute atomic E-state index is 0.0308. The normalized spacial score (nSPS) is 22.1. The highest BCUT2D eigenvalue weighted by Crippen LogP contribution is 2.18. The monoisotopic (exact) mass is 291 g/mol. The first kappa shape index (κ1) is 13.7. The molecule has 2 aromatic heterocycles. The number of hydrogen-bond donors (Lipinski definition) is 2. The molecule has 2 unspecified atom stereocenters. The average molecular weight is 291 g/mol. The van der Waals surface area contributed by atoms with E-state index in [-0.39, 0.29) is 18.5 Å². The van der Waals surface area contributed by atoms with Crippen molar-refractivity contribution in [2.75, 3.05) is 0 Å². The molecule has 0 saturated heterocycles. The third kappa shape index (κ3) is 3.27. The fourth-order valence-electron chi connectivity index (χ4n) is 2.48. The number of furan rings is 1. The number of hydrogen-bond acceptors (Lipinski definition) is 6. The lowest BCUT2D eigenvalue weighted by molar-refractivity contribution is -0.124. The van der Waals surface area contributed by atoms with Crippen LogP contribution in [0.15, 0.2) is 22.8 Å². The van der Waals surface area contributed by atoms with Gasteiger partial charge in [-0.15, -0.1) is 10.2 Å². The lowest BCUT2D eigenvalue weighted by Gasteiger charge is -2.28. The van der Waals surface area contributed by atoms with Crippen LogP contribution in [0.4, 0.5) is 0 Å². The standard InChI is InChI=1S/C13H17N5O3/c19-10-5-2-1-4-9(10)14-12(20)8-18-16-13(15-17-18)11-6-3-7-21-11/h3,6-7,9-10,19H,1-2,4-5,8H2,(H,14,20). The van der Waals surface area contributed by atoms with Crippen molar-refractivity contribution < 1.29 is 14.3 Å². The second-order valence-corrected chi connectivity index (χ2v) is 5.15. The van der Waals surface area contributed by atoms with E-state index in [0.29, 0.717) is 11.6 Å². The quantitative estimate of drug-likeness (QED) is 0.842. The molecule has 112 valence electrons. The Hall–Kier alpha value is -2.22. The Balaban J connectivity index is 1.57. The van der Waals surface area contributed by atoms with E-state index in [1.807, 2.05) is 0 Å². The van der Waals surface area contributed by atoms with E-state index in [4.69, 9.17) is 4.42 Å². The predicted molar refractivity (Wildman–Crippen MR) is 71.9 cm³/mol. The maximum atomic E-state index is 11.9. The van der Waals surface area contributed by atoms with Gasteiger partial charge in [0.1, 0.15) is 6.54 Å².